The number of hydrogen-bond donors (Lipinski definition) is 3. The van der Waals surface area contributed by atoms with E-state index in [1.807, 2.05) is 30.3 Å². The summed E-state index contributed by atoms with van der Waals surface area (Å²) in [5.41, 5.74) is 2.39. The molecule has 5 rings (SSSR count). The minimum absolute atomic E-state index is 0.0266. The van der Waals surface area contributed by atoms with Gasteiger partial charge < -0.3 is 15.7 Å². The lowest BCUT2D eigenvalue weighted by Crippen LogP contribution is -2.18. The van der Waals surface area contributed by atoms with Crippen LogP contribution < -0.4 is 10.7 Å². The molecule has 0 saturated heterocycles. The molecule has 178 valence electrons. The molecular weight excluding hydrogens is 476 g/mol. The Bertz CT molecular complexity index is 1740. The van der Waals surface area contributed by atoms with E-state index in [4.69, 9.17) is 5.41 Å². The number of hydrogen-bond acceptors (Lipinski definition) is 7. The summed E-state index contributed by atoms with van der Waals surface area (Å²) in [4.78, 5) is 19.8. The van der Waals surface area contributed by atoms with Gasteiger partial charge in [-0.15, -0.1) is 0 Å². The summed E-state index contributed by atoms with van der Waals surface area (Å²) in [6.45, 7) is 0. The second-order valence-electron chi connectivity index (χ2n) is 7.77. The number of nitrogens with one attached hydrogen (secondary N) is 3. The van der Waals surface area contributed by atoms with Crippen molar-refractivity contribution < 1.29 is 8.42 Å². The van der Waals surface area contributed by atoms with E-state index in [9.17, 15) is 13.2 Å². The van der Waals surface area contributed by atoms with Crippen LogP contribution in [0, 0.1) is 5.41 Å². The maximum atomic E-state index is 13.3. The molecule has 0 aliphatic heterocycles. The van der Waals surface area contributed by atoms with Crippen LogP contribution in [0.5, 0.6) is 0 Å². The molecule has 0 spiro atoms. The van der Waals surface area contributed by atoms with Gasteiger partial charge >= 0.3 is 0 Å². The average molecular weight is 497 g/mol. The predicted octanol–water partition coefficient (Wildman–Crippen LogP) is 4.04. The number of H-pyrrole nitrogens is 1. The summed E-state index contributed by atoms with van der Waals surface area (Å²) >= 11 is 0. The van der Waals surface area contributed by atoms with Crippen molar-refractivity contribution >= 4 is 38.5 Å². The SMILES string of the molecule is N=C/C=C(\Nc1ccccc1)c1nn(-c2cccc(S(=O)(=O)c3nc4ccccc4[nH]3)c2)ccc1=O. The van der Waals surface area contributed by atoms with E-state index in [2.05, 4.69) is 20.4 Å². The van der Waals surface area contributed by atoms with Gasteiger partial charge in [-0.25, -0.2) is 18.1 Å². The molecule has 0 fully saturated rings. The molecule has 5 aromatic rings. The molecule has 3 N–H and O–H groups in total. The molecule has 0 amide bonds. The van der Waals surface area contributed by atoms with Crippen molar-refractivity contribution in [1.29, 1.82) is 5.41 Å². The fourth-order valence-electron chi connectivity index (χ4n) is 3.64. The van der Waals surface area contributed by atoms with Gasteiger partial charge in [0.05, 0.1) is 27.3 Å². The van der Waals surface area contributed by atoms with Crippen molar-refractivity contribution in [2.24, 2.45) is 0 Å². The Kier molecular flexibility index (Phi) is 6.01. The Labute approximate surface area is 206 Å². The monoisotopic (exact) mass is 496 g/mol. The highest BCUT2D eigenvalue weighted by molar-refractivity contribution is 7.91. The van der Waals surface area contributed by atoms with Gasteiger partial charge in [-0.2, -0.15) is 5.10 Å². The molecule has 0 aliphatic carbocycles. The molecule has 36 heavy (non-hydrogen) atoms. The van der Waals surface area contributed by atoms with Crippen LogP contribution in [0.15, 0.2) is 112 Å². The highest BCUT2D eigenvalue weighted by atomic mass is 32.2. The van der Waals surface area contributed by atoms with Crippen LogP contribution in [0.1, 0.15) is 5.69 Å². The molecule has 2 heterocycles. The minimum atomic E-state index is -3.94. The summed E-state index contributed by atoms with van der Waals surface area (Å²) in [7, 11) is -3.94. The van der Waals surface area contributed by atoms with Crippen molar-refractivity contribution in [2.75, 3.05) is 5.32 Å². The molecule has 0 aliphatic rings. The smallest absolute Gasteiger partial charge is 0.239 e. The third kappa shape index (κ3) is 4.44. The van der Waals surface area contributed by atoms with Crippen LogP contribution in [-0.2, 0) is 9.84 Å². The molecule has 0 unspecified atom stereocenters. The van der Waals surface area contributed by atoms with E-state index in [0.717, 1.165) is 11.9 Å². The molecule has 0 bridgehead atoms. The fraction of sp³-hybridized carbons (Fsp3) is 0. The van der Waals surface area contributed by atoms with Gasteiger partial charge in [0.2, 0.25) is 20.4 Å². The molecule has 9 nitrogen and oxygen atoms in total. The highest BCUT2D eigenvalue weighted by Gasteiger charge is 2.22. The zero-order chi connectivity index (χ0) is 25.1. The lowest BCUT2D eigenvalue weighted by molar-refractivity contribution is 0.589. The number of aromatic amines is 1. The third-order valence-corrected chi connectivity index (χ3v) is 6.96. The second kappa shape index (κ2) is 9.43. The van der Waals surface area contributed by atoms with E-state index in [-0.39, 0.29) is 21.2 Å². The Hall–Kier alpha value is -4.83. The summed E-state index contributed by atoms with van der Waals surface area (Å²) in [6, 6.07) is 23.8. The van der Waals surface area contributed by atoms with Crippen LogP contribution in [-0.4, -0.2) is 34.4 Å². The number of anilines is 1. The van der Waals surface area contributed by atoms with Gasteiger partial charge in [-0.1, -0.05) is 36.4 Å². The number of sulfone groups is 1. The fourth-order valence-corrected chi connectivity index (χ4v) is 4.86. The molecule has 2 aromatic heterocycles. The number of fused-ring (bicyclic) bond motifs is 1. The van der Waals surface area contributed by atoms with Gasteiger partial charge in [0, 0.05) is 24.2 Å². The summed E-state index contributed by atoms with van der Waals surface area (Å²) in [5, 5.41) is 14.9. The molecule has 0 saturated carbocycles. The van der Waals surface area contributed by atoms with E-state index < -0.39 is 9.84 Å². The lowest BCUT2D eigenvalue weighted by Gasteiger charge is -2.12. The Morgan fingerprint density at radius 2 is 1.75 bits per heavy atom. The average Bonchev–Trinajstić information content (AvgIpc) is 3.35. The van der Waals surface area contributed by atoms with Crippen LogP contribution in [0.3, 0.4) is 0 Å². The number of para-hydroxylation sites is 3. The highest BCUT2D eigenvalue weighted by Crippen LogP contribution is 2.23. The van der Waals surface area contributed by atoms with E-state index in [0.29, 0.717) is 22.4 Å². The van der Waals surface area contributed by atoms with E-state index in [1.54, 1.807) is 36.4 Å². The van der Waals surface area contributed by atoms with Crippen LogP contribution >= 0.6 is 0 Å². The quantitative estimate of drug-likeness (QED) is 0.291. The third-order valence-electron chi connectivity index (χ3n) is 5.38. The predicted molar refractivity (Wildman–Crippen MR) is 138 cm³/mol. The van der Waals surface area contributed by atoms with E-state index >= 15 is 0 Å². The van der Waals surface area contributed by atoms with Crippen molar-refractivity contribution in [3.63, 3.8) is 0 Å². The maximum absolute atomic E-state index is 13.3. The van der Waals surface area contributed by atoms with Gasteiger partial charge in [0.25, 0.3) is 0 Å². The summed E-state index contributed by atoms with van der Waals surface area (Å²) in [6.07, 6.45) is 3.96. The first-order valence-corrected chi connectivity index (χ1v) is 12.4. The number of allylic oxidation sites excluding steroid dienone is 1. The first-order valence-electron chi connectivity index (χ1n) is 10.9. The zero-order valence-corrected chi connectivity index (χ0v) is 19.6. The Morgan fingerprint density at radius 3 is 2.53 bits per heavy atom. The maximum Gasteiger partial charge on any atom is 0.239 e. The van der Waals surface area contributed by atoms with Gasteiger partial charge in [0.15, 0.2) is 5.69 Å². The van der Waals surface area contributed by atoms with Gasteiger partial charge in [-0.05, 0) is 48.5 Å². The molecule has 10 heteroatoms. The van der Waals surface area contributed by atoms with Gasteiger partial charge in [-0.3, -0.25) is 4.79 Å². The molecule has 0 radical (unpaired) electrons. The molecular formula is C26H20N6O3S. The zero-order valence-electron chi connectivity index (χ0n) is 18.8. The van der Waals surface area contributed by atoms with Crippen LogP contribution in [0.2, 0.25) is 0 Å². The van der Waals surface area contributed by atoms with Crippen LogP contribution in [0.25, 0.3) is 22.4 Å². The number of nitrogens with zero attached hydrogens (tertiary/aromatic N) is 3. The van der Waals surface area contributed by atoms with Crippen molar-refractivity contribution in [3.8, 4) is 5.69 Å². The molecule has 0 atom stereocenters. The van der Waals surface area contributed by atoms with E-state index in [1.165, 1.54) is 35.2 Å². The molecule has 3 aromatic carbocycles. The van der Waals surface area contributed by atoms with Crippen LogP contribution in [0.4, 0.5) is 5.69 Å². The van der Waals surface area contributed by atoms with Crippen molar-refractivity contribution in [1.82, 2.24) is 19.7 Å². The number of imidazole rings is 1. The number of rotatable bonds is 7. The van der Waals surface area contributed by atoms with Crippen molar-refractivity contribution in [3.05, 3.63) is 113 Å². The normalized spacial score (nSPS) is 11.9. The number of aromatic nitrogens is 4. The first kappa shape index (κ1) is 22.9. The summed E-state index contributed by atoms with van der Waals surface area (Å²) < 4.78 is 28.0. The first-order chi connectivity index (χ1) is 17.5. The topological polar surface area (TPSA) is 134 Å². The summed E-state index contributed by atoms with van der Waals surface area (Å²) in [5.74, 6) is 0. The second-order valence-corrected chi connectivity index (χ2v) is 9.64. The number of benzene rings is 3. The largest absolute Gasteiger partial charge is 0.354 e. The minimum Gasteiger partial charge on any atom is -0.354 e. The van der Waals surface area contributed by atoms with Gasteiger partial charge in [0.1, 0.15) is 0 Å². The standard InChI is InChI=1S/C26H20N6O3S/c27-15-13-23(28-18-7-2-1-3-8-18)25-24(33)14-16-32(31-25)19-9-6-10-20(17-19)36(34,35)26-29-21-11-4-5-12-22(21)30-26/h1-17,27-28H,(H,29,30)/b23-13-,27-15?. The lowest BCUT2D eigenvalue weighted by atomic mass is 10.2. The van der Waals surface area contributed by atoms with Crippen molar-refractivity contribution in [2.45, 2.75) is 10.1 Å². The Morgan fingerprint density at radius 1 is 0.972 bits per heavy atom. The Balaban J connectivity index is 1.54.